The third-order valence-electron chi connectivity index (χ3n) is 9.31. The minimum Gasteiger partial charge on any atom is -0.494 e. The fraction of sp³-hybridized carbons (Fsp3) is 0.244. The monoisotopic (exact) mass is 751 g/mol. The van der Waals surface area contributed by atoms with Crippen LogP contribution in [0.3, 0.4) is 0 Å². The van der Waals surface area contributed by atoms with Crippen LogP contribution < -0.4 is 19.5 Å². The van der Waals surface area contributed by atoms with Crippen LogP contribution >= 0.6 is 0 Å². The van der Waals surface area contributed by atoms with Crippen LogP contribution in [-0.4, -0.2) is 42.2 Å². The molecule has 0 saturated heterocycles. The topological polar surface area (TPSA) is 147 Å². The van der Waals surface area contributed by atoms with Crippen LogP contribution in [0.2, 0.25) is 0 Å². The van der Waals surface area contributed by atoms with Crippen molar-refractivity contribution in [1.29, 1.82) is 0 Å². The number of nitrogens with one attached hydrogen (secondary N) is 1. The molecule has 2 N–H and O–H groups in total. The summed E-state index contributed by atoms with van der Waals surface area (Å²) in [4.78, 5) is 22.5. The molecule has 2 atom stereocenters. The van der Waals surface area contributed by atoms with Crippen molar-refractivity contribution in [3.63, 3.8) is 0 Å². The molecule has 5 aromatic rings. The molecule has 0 radical (unpaired) electrons. The van der Waals surface area contributed by atoms with Crippen molar-refractivity contribution in [2.75, 3.05) is 19.8 Å². The zero-order chi connectivity index (χ0) is 39.0. The molecule has 6 rings (SSSR count). The number of rotatable bonds is 20. The molecule has 1 aliphatic heterocycles. The van der Waals surface area contributed by atoms with Crippen molar-refractivity contribution < 1.29 is 28.8 Å². The molecule has 0 fully saturated rings. The molecule has 0 unspecified atom stereocenters. The summed E-state index contributed by atoms with van der Waals surface area (Å²) in [7, 11) is 0. The Kier molecular flexibility index (Phi) is 13.8. The number of carbonyl (C=O) groups excluding carboxylic acids is 1. The average molecular weight is 752 g/mol. The summed E-state index contributed by atoms with van der Waals surface area (Å²) in [5.74, 6) is 1.83. The molecule has 1 amide bonds. The smallest absolute Gasteiger partial charge is 0.252 e. The van der Waals surface area contributed by atoms with Crippen molar-refractivity contribution in [1.82, 2.24) is 5.32 Å². The number of nitrogens with zero attached hydrogens (tertiary/aromatic N) is 4. The van der Waals surface area contributed by atoms with Gasteiger partial charge in [-0.05, 0) is 76.2 Å². The second kappa shape index (κ2) is 19.7. The molecule has 286 valence electrons. The molecule has 0 saturated carbocycles. The molecule has 1 heterocycles. The Morgan fingerprint density at radius 1 is 0.875 bits per heavy atom. The second-order valence-electron chi connectivity index (χ2n) is 13.2. The first kappa shape index (κ1) is 39.2. The number of aliphatic imine (C=N–C) groups is 1. The molecule has 0 aliphatic carbocycles. The van der Waals surface area contributed by atoms with Gasteiger partial charge in [0, 0.05) is 36.5 Å². The molecule has 0 bridgehead atoms. The van der Waals surface area contributed by atoms with E-state index < -0.39 is 11.6 Å². The predicted molar refractivity (Wildman–Crippen MR) is 216 cm³/mol. The highest BCUT2D eigenvalue weighted by Gasteiger charge is 2.52. The van der Waals surface area contributed by atoms with Gasteiger partial charge in [-0.3, -0.25) is 4.79 Å². The largest absolute Gasteiger partial charge is 0.494 e. The first-order chi connectivity index (χ1) is 27.5. The SMILES string of the molecule is C=CC[C@@]1(C(=O)NCCc2ccc(OCc3ccccc3)c(OCc3ccccc3)c2)N=C(c2ccc(OCCCO)cc2)O[C@@H]1c1ccccc1CN=[N+]=[N-]. The van der Waals surface area contributed by atoms with Gasteiger partial charge >= 0.3 is 0 Å². The Morgan fingerprint density at radius 3 is 2.23 bits per heavy atom. The van der Waals surface area contributed by atoms with E-state index in [1.807, 2.05) is 115 Å². The van der Waals surface area contributed by atoms with Gasteiger partial charge in [-0.1, -0.05) is 102 Å². The van der Waals surface area contributed by atoms with Gasteiger partial charge < -0.3 is 29.4 Å². The predicted octanol–water partition coefficient (Wildman–Crippen LogP) is 8.61. The number of benzene rings is 5. The highest BCUT2D eigenvalue weighted by molar-refractivity contribution is 6.01. The zero-order valence-corrected chi connectivity index (χ0v) is 31.1. The number of ether oxygens (including phenoxy) is 4. The lowest BCUT2D eigenvalue weighted by Gasteiger charge is -2.30. The van der Waals surface area contributed by atoms with Gasteiger partial charge in [-0.15, -0.1) is 6.58 Å². The fourth-order valence-corrected chi connectivity index (χ4v) is 6.44. The van der Waals surface area contributed by atoms with Crippen LogP contribution in [0.25, 0.3) is 10.4 Å². The van der Waals surface area contributed by atoms with Crippen molar-refractivity contribution in [2.24, 2.45) is 10.1 Å². The van der Waals surface area contributed by atoms with Crippen molar-refractivity contribution >= 4 is 11.8 Å². The maximum atomic E-state index is 14.5. The van der Waals surface area contributed by atoms with E-state index in [1.54, 1.807) is 18.2 Å². The first-order valence-electron chi connectivity index (χ1n) is 18.6. The minimum atomic E-state index is -1.42. The minimum absolute atomic E-state index is 0.0410. The zero-order valence-electron chi connectivity index (χ0n) is 31.1. The molecule has 11 heteroatoms. The Labute approximate surface area is 326 Å². The van der Waals surface area contributed by atoms with E-state index in [0.717, 1.165) is 22.3 Å². The van der Waals surface area contributed by atoms with Crippen LogP contribution in [0.15, 0.2) is 150 Å². The lowest BCUT2D eigenvalue weighted by atomic mass is 9.82. The highest BCUT2D eigenvalue weighted by atomic mass is 16.5. The normalized spacial score (nSPS) is 15.8. The second-order valence-corrected chi connectivity index (χ2v) is 13.2. The van der Waals surface area contributed by atoms with Crippen LogP contribution in [-0.2, 0) is 35.7 Å². The number of amides is 1. The summed E-state index contributed by atoms with van der Waals surface area (Å²) in [6.45, 7) is 5.55. The lowest BCUT2D eigenvalue weighted by molar-refractivity contribution is -0.128. The van der Waals surface area contributed by atoms with Gasteiger partial charge in [0.15, 0.2) is 23.1 Å². The van der Waals surface area contributed by atoms with E-state index in [4.69, 9.17) is 34.6 Å². The van der Waals surface area contributed by atoms with E-state index >= 15 is 0 Å². The maximum absolute atomic E-state index is 14.5. The summed E-state index contributed by atoms with van der Waals surface area (Å²) in [6, 6.07) is 40.4. The van der Waals surface area contributed by atoms with Crippen LogP contribution in [0, 0.1) is 0 Å². The molecule has 0 aromatic heterocycles. The van der Waals surface area contributed by atoms with E-state index in [-0.39, 0.29) is 25.5 Å². The molecule has 11 nitrogen and oxygen atoms in total. The fourth-order valence-electron chi connectivity index (χ4n) is 6.44. The summed E-state index contributed by atoms with van der Waals surface area (Å²) < 4.78 is 24.8. The van der Waals surface area contributed by atoms with Crippen LogP contribution in [0.1, 0.15) is 52.3 Å². The molecular weight excluding hydrogens is 707 g/mol. The molecule has 0 spiro atoms. The van der Waals surface area contributed by atoms with Crippen molar-refractivity contribution in [3.8, 4) is 17.2 Å². The van der Waals surface area contributed by atoms with Gasteiger partial charge in [-0.25, -0.2) is 4.99 Å². The molecule has 56 heavy (non-hydrogen) atoms. The number of hydrogen-bond acceptors (Lipinski definition) is 8. The summed E-state index contributed by atoms with van der Waals surface area (Å²) in [6.07, 6.45) is 2.02. The van der Waals surface area contributed by atoms with Gasteiger partial charge in [0.25, 0.3) is 5.91 Å². The molecule has 5 aromatic carbocycles. The average Bonchev–Trinajstić information content (AvgIpc) is 3.63. The molecular formula is C45H45N5O6. The summed E-state index contributed by atoms with van der Waals surface area (Å²) >= 11 is 0. The van der Waals surface area contributed by atoms with Gasteiger partial charge in [0.1, 0.15) is 19.0 Å². The quantitative estimate of drug-likeness (QED) is 0.0268. The highest BCUT2D eigenvalue weighted by Crippen LogP contribution is 2.44. The Bertz CT molecular complexity index is 2140. The van der Waals surface area contributed by atoms with E-state index in [2.05, 4.69) is 21.9 Å². The number of carbonyl (C=O) groups is 1. The van der Waals surface area contributed by atoms with Gasteiger partial charge in [0.05, 0.1) is 13.2 Å². The number of hydrogen-bond donors (Lipinski definition) is 2. The van der Waals surface area contributed by atoms with Crippen molar-refractivity contribution in [3.05, 3.63) is 184 Å². The van der Waals surface area contributed by atoms with E-state index in [0.29, 0.717) is 73.5 Å². The van der Waals surface area contributed by atoms with Gasteiger partial charge in [0.2, 0.25) is 5.90 Å². The van der Waals surface area contributed by atoms with Crippen LogP contribution in [0.4, 0.5) is 0 Å². The van der Waals surface area contributed by atoms with Crippen molar-refractivity contribution in [2.45, 2.75) is 50.7 Å². The standard InChI is InChI=1S/C45H45N5O6/c1-2-25-45(42(39-17-10-9-16-37(39)30-48-50-46)56-43(49-45)36-19-21-38(22-20-36)53-28-11-27-51)44(52)47-26-24-33-18-23-40(54-31-34-12-5-3-6-13-34)41(29-33)55-32-35-14-7-4-8-15-35/h2-10,12-23,29,42,51H,1,11,24-28,30-32H2,(H,47,52)/t42-,45-/m1/s1. The Balaban J connectivity index is 1.24. The Morgan fingerprint density at radius 2 is 1.55 bits per heavy atom. The maximum Gasteiger partial charge on any atom is 0.252 e. The number of aliphatic hydroxyl groups is 1. The first-order valence-corrected chi connectivity index (χ1v) is 18.6. The van der Waals surface area contributed by atoms with E-state index in [1.165, 1.54) is 0 Å². The Hall–Kier alpha value is -6.55. The molecule has 1 aliphatic rings. The van der Waals surface area contributed by atoms with Gasteiger partial charge in [-0.2, -0.15) is 0 Å². The third kappa shape index (κ3) is 9.95. The van der Waals surface area contributed by atoms with Crippen LogP contribution in [0.5, 0.6) is 17.2 Å². The third-order valence-corrected chi connectivity index (χ3v) is 9.31. The number of aliphatic hydroxyl groups excluding tert-OH is 1. The van der Waals surface area contributed by atoms with E-state index in [9.17, 15) is 4.79 Å². The summed E-state index contributed by atoms with van der Waals surface area (Å²) in [5, 5.41) is 16.1. The number of azide groups is 1. The summed E-state index contributed by atoms with van der Waals surface area (Å²) in [5.41, 5.74) is 12.8. The lowest BCUT2D eigenvalue weighted by Crippen LogP contribution is -2.48.